The van der Waals surface area contributed by atoms with Crippen LogP contribution in [0.4, 0.5) is 15.9 Å². The summed E-state index contributed by atoms with van der Waals surface area (Å²) in [5.41, 5.74) is 2.52. The van der Waals surface area contributed by atoms with Gasteiger partial charge < -0.3 is 10.2 Å². The molecule has 11 heteroatoms. The summed E-state index contributed by atoms with van der Waals surface area (Å²) in [6.45, 7) is 0.987. The van der Waals surface area contributed by atoms with Crippen LogP contribution in [0.25, 0.3) is 0 Å². The van der Waals surface area contributed by atoms with E-state index in [1.54, 1.807) is 6.34 Å². The second-order valence-electron chi connectivity index (χ2n) is 5.04. The molecule has 1 heterocycles. The van der Waals surface area contributed by atoms with E-state index in [2.05, 4.69) is 41.5 Å². The van der Waals surface area contributed by atoms with E-state index in [9.17, 15) is 9.60 Å². The molecule has 134 valence electrons. The molecule has 0 unspecified atom stereocenters. The van der Waals surface area contributed by atoms with Gasteiger partial charge in [-0.25, -0.2) is 14.0 Å². The van der Waals surface area contributed by atoms with Crippen LogP contribution >= 0.6 is 15.9 Å². The summed E-state index contributed by atoms with van der Waals surface area (Å²) in [5.74, 6) is -0.123. The van der Waals surface area contributed by atoms with Crippen LogP contribution in [0.15, 0.2) is 37.3 Å². The van der Waals surface area contributed by atoms with Crippen LogP contribution in [0.5, 0.6) is 0 Å². The van der Waals surface area contributed by atoms with E-state index >= 15 is 0 Å². The lowest BCUT2D eigenvalue weighted by atomic mass is 10.3. The van der Waals surface area contributed by atoms with E-state index < -0.39 is 5.82 Å². The standard InChI is InChI=1S/C14H17BrFN7O2/c1-23(2)8-17-5-6-18-13-12(21-25-22-13)14(20-24)19-9-3-4-11(16)10(15)7-9/h3-4,7-8,24H,5-6H2,1-2H3,(H,18,22)(H,19,20). The fraction of sp³-hybridized carbons (Fsp3) is 0.286. The molecule has 0 saturated heterocycles. The Kier molecular flexibility index (Phi) is 6.83. The average Bonchev–Trinajstić information content (AvgIpc) is 3.03. The Morgan fingerprint density at radius 1 is 1.44 bits per heavy atom. The van der Waals surface area contributed by atoms with Gasteiger partial charge >= 0.3 is 0 Å². The highest BCUT2D eigenvalue weighted by atomic mass is 79.9. The summed E-state index contributed by atoms with van der Waals surface area (Å²) in [5, 5.41) is 19.8. The van der Waals surface area contributed by atoms with E-state index in [1.807, 2.05) is 24.5 Å². The van der Waals surface area contributed by atoms with E-state index in [-0.39, 0.29) is 16.0 Å². The number of nitrogens with one attached hydrogen (secondary N) is 2. The number of hydrogen-bond donors (Lipinski definition) is 3. The van der Waals surface area contributed by atoms with Gasteiger partial charge in [-0.2, -0.15) is 0 Å². The topological polar surface area (TPSA) is 111 Å². The lowest BCUT2D eigenvalue weighted by Crippen LogP contribution is -2.22. The summed E-state index contributed by atoms with van der Waals surface area (Å²) in [6.07, 6.45) is 1.69. The molecule has 9 nitrogen and oxygen atoms in total. The minimum absolute atomic E-state index is 0.000879. The third kappa shape index (κ3) is 5.50. The van der Waals surface area contributed by atoms with Gasteiger partial charge in [0.05, 0.1) is 23.0 Å². The van der Waals surface area contributed by atoms with E-state index in [4.69, 9.17) is 4.63 Å². The van der Waals surface area contributed by atoms with Crippen molar-refractivity contribution in [3.05, 3.63) is 34.2 Å². The largest absolute Gasteiger partial charge is 0.369 e. The molecule has 0 aliphatic carbocycles. The average molecular weight is 414 g/mol. The smallest absolute Gasteiger partial charge is 0.202 e. The van der Waals surface area contributed by atoms with Crippen molar-refractivity contribution in [2.45, 2.75) is 0 Å². The summed E-state index contributed by atoms with van der Waals surface area (Å²) in [4.78, 5) is 10.2. The third-order valence-corrected chi connectivity index (χ3v) is 3.42. The second kappa shape index (κ2) is 9.08. The highest BCUT2D eigenvalue weighted by Gasteiger charge is 2.16. The lowest BCUT2D eigenvalue weighted by Gasteiger charge is -2.05. The lowest BCUT2D eigenvalue weighted by molar-refractivity contribution is 0.234. The zero-order valence-electron chi connectivity index (χ0n) is 13.6. The minimum Gasteiger partial charge on any atom is -0.369 e. The Balaban J connectivity index is 2.12. The van der Waals surface area contributed by atoms with Crippen molar-refractivity contribution in [3.63, 3.8) is 0 Å². The van der Waals surface area contributed by atoms with Crippen molar-refractivity contribution in [2.24, 2.45) is 9.98 Å². The maximum Gasteiger partial charge on any atom is 0.202 e. The number of aliphatic imine (C=N–C) groups is 2. The predicted molar refractivity (Wildman–Crippen MR) is 95.1 cm³/mol. The third-order valence-electron chi connectivity index (χ3n) is 2.81. The summed E-state index contributed by atoms with van der Waals surface area (Å²) in [7, 11) is 3.75. The normalized spacial score (nSPS) is 11.8. The molecule has 1 aromatic heterocycles. The number of hydrogen-bond acceptors (Lipinski definition) is 7. The highest BCUT2D eigenvalue weighted by Crippen LogP contribution is 2.23. The number of anilines is 1. The molecule has 0 amide bonds. The number of rotatable bonds is 7. The molecule has 0 aliphatic rings. The number of halogens is 2. The summed E-state index contributed by atoms with van der Waals surface area (Å²) in [6, 6.07) is 4.16. The molecule has 0 bridgehead atoms. The van der Waals surface area contributed by atoms with E-state index in [0.717, 1.165) is 0 Å². The fourth-order valence-electron chi connectivity index (χ4n) is 1.73. The van der Waals surface area contributed by atoms with Gasteiger partial charge in [0.1, 0.15) is 5.82 Å². The molecule has 1 aromatic carbocycles. The first-order valence-corrected chi connectivity index (χ1v) is 7.97. The molecule has 0 fully saturated rings. The van der Waals surface area contributed by atoms with Crippen molar-refractivity contribution in [3.8, 4) is 0 Å². The quantitative estimate of drug-likeness (QED) is 0.275. The number of benzene rings is 1. The van der Waals surface area contributed by atoms with Crippen LogP contribution in [0, 0.1) is 5.82 Å². The molecular formula is C14H17BrFN7O2. The number of hydroxylamine groups is 1. The Labute approximate surface area is 151 Å². The number of aromatic nitrogens is 2. The van der Waals surface area contributed by atoms with Gasteiger partial charge in [-0.1, -0.05) is 0 Å². The van der Waals surface area contributed by atoms with Crippen LogP contribution in [0.1, 0.15) is 5.69 Å². The van der Waals surface area contributed by atoms with E-state index in [1.165, 1.54) is 18.2 Å². The van der Waals surface area contributed by atoms with E-state index in [0.29, 0.717) is 24.6 Å². The van der Waals surface area contributed by atoms with Crippen molar-refractivity contribution in [1.29, 1.82) is 0 Å². The number of amidine groups is 1. The summed E-state index contributed by atoms with van der Waals surface area (Å²) < 4.78 is 18.2. The Morgan fingerprint density at radius 2 is 2.24 bits per heavy atom. The van der Waals surface area contributed by atoms with Gasteiger partial charge in [0.2, 0.25) is 5.82 Å². The van der Waals surface area contributed by atoms with Crippen LogP contribution in [0.2, 0.25) is 0 Å². The Bertz CT molecular complexity index is 763. The van der Waals surface area contributed by atoms with Crippen molar-refractivity contribution in [1.82, 2.24) is 20.7 Å². The fourth-order valence-corrected chi connectivity index (χ4v) is 2.10. The molecule has 2 rings (SSSR count). The van der Waals surface area contributed by atoms with Crippen molar-refractivity contribution in [2.75, 3.05) is 32.5 Å². The zero-order valence-corrected chi connectivity index (χ0v) is 15.2. The molecule has 0 saturated carbocycles. The van der Waals surface area contributed by atoms with Gasteiger partial charge in [0.15, 0.2) is 11.5 Å². The van der Waals surface area contributed by atoms with Crippen molar-refractivity contribution < 1.29 is 14.2 Å². The highest BCUT2D eigenvalue weighted by molar-refractivity contribution is 9.10. The monoisotopic (exact) mass is 413 g/mol. The molecule has 0 spiro atoms. The van der Waals surface area contributed by atoms with Gasteiger partial charge in [0.25, 0.3) is 0 Å². The van der Waals surface area contributed by atoms with Gasteiger partial charge in [-0.05, 0) is 44.4 Å². The first-order valence-electron chi connectivity index (χ1n) is 7.18. The van der Waals surface area contributed by atoms with Crippen LogP contribution in [-0.2, 0) is 0 Å². The maximum atomic E-state index is 13.3. The number of nitrogens with zero attached hydrogens (tertiary/aromatic N) is 5. The molecule has 3 N–H and O–H groups in total. The molecule has 0 atom stereocenters. The predicted octanol–water partition coefficient (Wildman–Crippen LogP) is 2.03. The molecule has 25 heavy (non-hydrogen) atoms. The minimum atomic E-state index is -0.416. The first kappa shape index (κ1) is 18.8. The molecule has 0 aliphatic heterocycles. The van der Waals surface area contributed by atoms with Gasteiger partial charge in [-0.15, -0.1) is 0 Å². The maximum absolute atomic E-state index is 13.3. The second-order valence-corrected chi connectivity index (χ2v) is 5.90. The zero-order chi connectivity index (χ0) is 18.2. The SMILES string of the molecule is CN(C)C=NCCNc1nonc1C(=Nc1ccc(F)c(Br)c1)NO. The van der Waals surface area contributed by atoms with Gasteiger partial charge in [0, 0.05) is 20.6 Å². The Hall–Kier alpha value is -2.53. The molecule has 0 radical (unpaired) electrons. The first-order chi connectivity index (χ1) is 12.0. The van der Waals surface area contributed by atoms with Gasteiger partial charge in [-0.3, -0.25) is 15.7 Å². The Morgan fingerprint density at radius 3 is 2.92 bits per heavy atom. The molecular weight excluding hydrogens is 397 g/mol. The molecule has 2 aromatic rings. The van der Waals surface area contributed by atoms with Crippen LogP contribution < -0.4 is 10.8 Å². The van der Waals surface area contributed by atoms with Crippen LogP contribution in [0.3, 0.4) is 0 Å². The van der Waals surface area contributed by atoms with Crippen LogP contribution in [-0.4, -0.2) is 59.8 Å². The van der Waals surface area contributed by atoms with Crippen molar-refractivity contribution >= 4 is 39.6 Å². The summed E-state index contributed by atoms with van der Waals surface area (Å²) >= 11 is 3.08.